The number of rotatable bonds is 0. The van der Waals surface area contributed by atoms with Crippen molar-refractivity contribution < 1.29 is 0 Å². The van der Waals surface area contributed by atoms with Crippen LogP contribution in [0.5, 0.6) is 0 Å². The summed E-state index contributed by atoms with van der Waals surface area (Å²) in [4.78, 5) is 28.9. The van der Waals surface area contributed by atoms with Gasteiger partial charge in [-0.15, -0.1) is 0 Å². The summed E-state index contributed by atoms with van der Waals surface area (Å²) in [5.74, 6) is 0. The smallest absolute Gasteiger partial charge is 0.123 e. The van der Waals surface area contributed by atoms with E-state index in [1.165, 1.54) is 0 Å². The lowest BCUT2D eigenvalue weighted by atomic mass is 9.89. The van der Waals surface area contributed by atoms with Crippen molar-refractivity contribution in [3.8, 4) is 11.4 Å². The van der Waals surface area contributed by atoms with Gasteiger partial charge in [-0.1, -0.05) is 0 Å². The Balaban J connectivity index is 2.07. The zero-order valence-corrected chi connectivity index (χ0v) is 14.8. The largest absolute Gasteiger partial charge is 0.276 e. The van der Waals surface area contributed by atoms with Gasteiger partial charge in [0.2, 0.25) is 0 Å². The van der Waals surface area contributed by atoms with E-state index < -0.39 is 0 Å². The number of fused-ring (bicyclic) bond motifs is 6. The molecular formula is C18H20N6. The van der Waals surface area contributed by atoms with Crippen LogP contribution in [0.4, 0.5) is 0 Å². The van der Waals surface area contributed by atoms with E-state index >= 15 is 0 Å². The van der Waals surface area contributed by atoms with Crippen LogP contribution >= 0.6 is 0 Å². The first-order valence-electron chi connectivity index (χ1n) is 8.16. The van der Waals surface area contributed by atoms with E-state index in [0.29, 0.717) is 0 Å². The van der Waals surface area contributed by atoms with Gasteiger partial charge in [0.05, 0.1) is 45.6 Å². The van der Waals surface area contributed by atoms with Crippen molar-refractivity contribution in [2.75, 3.05) is 0 Å². The van der Waals surface area contributed by atoms with Crippen molar-refractivity contribution in [3.63, 3.8) is 0 Å². The van der Waals surface area contributed by atoms with Gasteiger partial charge in [0, 0.05) is 0 Å². The SMILES string of the molecule is CC1=NC2c3nc(C)c(C)nc3-c3nc(C)c(C)nc3C2N=C1C. The summed E-state index contributed by atoms with van der Waals surface area (Å²) in [5.41, 5.74) is 8.90. The van der Waals surface area contributed by atoms with E-state index in [1.807, 2.05) is 41.5 Å². The maximum Gasteiger partial charge on any atom is 0.123 e. The van der Waals surface area contributed by atoms with Gasteiger partial charge in [-0.05, 0) is 41.5 Å². The molecule has 2 unspecified atom stereocenters. The Hall–Kier alpha value is -2.50. The minimum Gasteiger partial charge on any atom is -0.276 e. The van der Waals surface area contributed by atoms with Crippen molar-refractivity contribution in [2.24, 2.45) is 9.98 Å². The van der Waals surface area contributed by atoms with Gasteiger partial charge in [0.15, 0.2) is 0 Å². The van der Waals surface area contributed by atoms with Gasteiger partial charge in [-0.2, -0.15) is 0 Å². The second-order valence-corrected chi connectivity index (χ2v) is 6.58. The quantitative estimate of drug-likeness (QED) is 0.747. The van der Waals surface area contributed by atoms with Crippen LogP contribution in [-0.2, 0) is 0 Å². The molecule has 2 atom stereocenters. The van der Waals surface area contributed by atoms with Crippen LogP contribution in [0, 0.1) is 27.7 Å². The molecule has 2 aliphatic rings. The molecule has 0 N–H and O–H groups in total. The average molecular weight is 320 g/mol. The molecule has 0 amide bonds. The fourth-order valence-corrected chi connectivity index (χ4v) is 3.17. The zero-order valence-electron chi connectivity index (χ0n) is 14.8. The van der Waals surface area contributed by atoms with E-state index in [1.54, 1.807) is 0 Å². The minimum absolute atomic E-state index is 0.167. The highest BCUT2D eigenvalue weighted by atomic mass is 15.1. The first kappa shape index (κ1) is 15.1. The Morgan fingerprint density at radius 2 is 0.833 bits per heavy atom. The van der Waals surface area contributed by atoms with Crippen LogP contribution in [0.15, 0.2) is 9.98 Å². The van der Waals surface area contributed by atoms with Crippen LogP contribution in [0.1, 0.15) is 60.1 Å². The minimum atomic E-state index is -0.167. The molecule has 122 valence electrons. The number of hydrogen-bond donors (Lipinski definition) is 0. The lowest BCUT2D eigenvalue weighted by molar-refractivity contribution is 0.530. The maximum atomic E-state index is 4.86. The molecule has 3 heterocycles. The lowest BCUT2D eigenvalue weighted by Crippen LogP contribution is -2.27. The van der Waals surface area contributed by atoms with E-state index in [-0.39, 0.29) is 12.1 Å². The second-order valence-electron chi connectivity index (χ2n) is 6.58. The van der Waals surface area contributed by atoms with Crippen LogP contribution in [-0.4, -0.2) is 31.4 Å². The molecule has 4 rings (SSSR count). The molecule has 0 saturated heterocycles. The highest BCUT2D eigenvalue weighted by Crippen LogP contribution is 2.47. The molecule has 2 aromatic rings. The van der Waals surface area contributed by atoms with E-state index in [0.717, 1.165) is 57.0 Å². The summed E-state index contributed by atoms with van der Waals surface area (Å²) in [5, 5.41) is 0. The summed E-state index contributed by atoms with van der Waals surface area (Å²) < 4.78 is 0. The molecular weight excluding hydrogens is 300 g/mol. The molecule has 1 aliphatic carbocycles. The van der Waals surface area contributed by atoms with E-state index in [9.17, 15) is 0 Å². The molecule has 0 saturated carbocycles. The molecule has 6 heteroatoms. The molecule has 24 heavy (non-hydrogen) atoms. The molecule has 0 radical (unpaired) electrons. The van der Waals surface area contributed by atoms with Crippen LogP contribution in [0.2, 0.25) is 0 Å². The molecule has 1 aliphatic heterocycles. The fourth-order valence-electron chi connectivity index (χ4n) is 3.17. The van der Waals surface area contributed by atoms with Crippen LogP contribution in [0.3, 0.4) is 0 Å². The highest BCUT2D eigenvalue weighted by molar-refractivity contribution is 6.41. The topological polar surface area (TPSA) is 76.3 Å². The van der Waals surface area contributed by atoms with Gasteiger partial charge in [-0.25, -0.2) is 9.97 Å². The number of hydrogen-bond acceptors (Lipinski definition) is 6. The highest BCUT2D eigenvalue weighted by Gasteiger charge is 2.40. The van der Waals surface area contributed by atoms with Crippen LogP contribution in [0.25, 0.3) is 11.4 Å². The number of aryl methyl sites for hydroxylation is 4. The third-order valence-corrected chi connectivity index (χ3v) is 4.94. The van der Waals surface area contributed by atoms with E-state index in [4.69, 9.17) is 29.9 Å². The summed E-state index contributed by atoms with van der Waals surface area (Å²) in [6.45, 7) is 11.9. The molecule has 6 nitrogen and oxygen atoms in total. The molecule has 0 spiro atoms. The first-order valence-corrected chi connectivity index (χ1v) is 8.16. The normalized spacial score (nSPS) is 21.4. The summed E-state index contributed by atoms with van der Waals surface area (Å²) in [6, 6.07) is -0.334. The number of aliphatic imine (C=N–C) groups is 2. The molecule has 2 aromatic heterocycles. The second kappa shape index (κ2) is 5.00. The van der Waals surface area contributed by atoms with Gasteiger partial charge in [-0.3, -0.25) is 20.0 Å². The fraction of sp³-hybridized carbons (Fsp3) is 0.444. The predicted octanol–water partition coefficient (Wildman–Crippen LogP) is 3.20. The molecule has 0 aromatic carbocycles. The summed E-state index contributed by atoms with van der Waals surface area (Å²) in [7, 11) is 0. The number of nitrogens with zero attached hydrogens (tertiary/aromatic N) is 6. The maximum absolute atomic E-state index is 4.86. The average Bonchev–Trinajstić information content (AvgIpc) is 2.53. The van der Waals surface area contributed by atoms with Crippen molar-refractivity contribution in [2.45, 2.75) is 53.6 Å². The Bertz CT molecular complexity index is 864. The van der Waals surface area contributed by atoms with Gasteiger partial charge in [0.1, 0.15) is 23.5 Å². The van der Waals surface area contributed by atoms with Crippen molar-refractivity contribution >= 4 is 11.4 Å². The van der Waals surface area contributed by atoms with Gasteiger partial charge >= 0.3 is 0 Å². The van der Waals surface area contributed by atoms with Gasteiger partial charge in [0.25, 0.3) is 0 Å². The van der Waals surface area contributed by atoms with Crippen molar-refractivity contribution in [3.05, 3.63) is 34.2 Å². The first-order chi connectivity index (χ1) is 11.4. The lowest BCUT2D eigenvalue weighted by Gasteiger charge is -2.32. The Morgan fingerprint density at radius 3 is 1.21 bits per heavy atom. The van der Waals surface area contributed by atoms with Crippen LogP contribution < -0.4 is 0 Å². The third-order valence-electron chi connectivity index (χ3n) is 4.94. The Morgan fingerprint density at radius 1 is 0.500 bits per heavy atom. The van der Waals surface area contributed by atoms with Gasteiger partial charge < -0.3 is 0 Å². The Labute approximate surface area is 141 Å². The monoisotopic (exact) mass is 320 g/mol. The number of aromatic nitrogens is 4. The molecule has 0 bridgehead atoms. The predicted molar refractivity (Wildman–Crippen MR) is 93.7 cm³/mol. The third kappa shape index (κ3) is 2.02. The standard InChI is InChI=1S/C18H20N6/c1-7-8(2)20-14-13(19-7)15-17(23-10(4)9(3)21-15)18-16(14)22-11(5)12(6)24-18/h13-14H,1-6H3. The Kier molecular flexibility index (Phi) is 3.13. The van der Waals surface area contributed by atoms with E-state index in [2.05, 4.69) is 0 Å². The summed E-state index contributed by atoms with van der Waals surface area (Å²) >= 11 is 0. The zero-order chi connectivity index (χ0) is 17.2. The summed E-state index contributed by atoms with van der Waals surface area (Å²) in [6.07, 6.45) is 0. The van der Waals surface area contributed by atoms with Crippen molar-refractivity contribution in [1.82, 2.24) is 19.9 Å². The van der Waals surface area contributed by atoms with Crippen molar-refractivity contribution in [1.29, 1.82) is 0 Å². The molecule has 0 fully saturated rings.